The van der Waals surface area contributed by atoms with Crippen LogP contribution in [-0.4, -0.2) is 18.8 Å². The summed E-state index contributed by atoms with van der Waals surface area (Å²) in [6.45, 7) is 7.33. The van der Waals surface area contributed by atoms with Gasteiger partial charge in [0.15, 0.2) is 0 Å². The fraction of sp³-hybridized carbons (Fsp3) is 0.667. The first-order chi connectivity index (χ1) is 9.65. The summed E-state index contributed by atoms with van der Waals surface area (Å²) < 4.78 is 5.99. The summed E-state index contributed by atoms with van der Waals surface area (Å²) in [6, 6.07) is 7.33. The summed E-state index contributed by atoms with van der Waals surface area (Å²) in [6.07, 6.45) is 7.06. The second kappa shape index (κ2) is 5.40. The third kappa shape index (κ3) is 2.24. The zero-order valence-electron chi connectivity index (χ0n) is 13.0. The Bertz CT molecular complexity index is 476. The van der Waals surface area contributed by atoms with E-state index in [4.69, 9.17) is 4.74 Å². The molecule has 2 heteroatoms. The Morgan fingerprint density at radius 3 is 2.60 bits per heavy atom. The van der Waals surface area contributed by atoms with Crippen molar-refractivity contribution in [2.24, 2.45) is 5.41 Å². The highest BCUT2D eigenvalue weighted by Crippen LogP contribution is 2.55. The predicted molar refractivity (Wildman–Crippen MR) is 84.3 cm³/mol. The maximum absolute atomic E-state index is 5.99. The van der Waals surface area contributed by atoms with Gasteiger partial charge >= 0.3 is 0 Å². The smallest absolute Gasteiger partial charge is 0.0670 e. The summed E-state index contributed by atoms with van der Waals surface area (Å²) >= 11 is 0. The third-order valence-corrected chi connectivity index (χ3v) is 5.54. The van der Waals surface area contributed by atoms with Crippen LogP contribution in [0.2, 0.25) is 0 Å². The number of nitrogens with one attached hydrogen (secondary N) is 1. The van der Waals surface area contributed by atoms with Gasteiger partial charge < -0.3 is 10.1 Å². The second-order valence-electron chi connectivity index (χ2n) is 6.62. The van der Waals surface area contributed by atoms with Crippen LogP contribution < -0.4 is 5.32 Å². The van der Waals surface area contributed by atoms with Gasteiger partial charge in [-0.1, -0.05) is 18.9 Å². The second-order valence-corrected chi connectivity index (χ2v) is 6.62. The zero-order valence-corrected chi connectivity index (χ0v) is 13.0. The molecule has 2 unspecified atom stereocenters. The number of hydrogen-bond donors (Lipinski definition) is 1. The van der Waals surface area contributed by atoms with Gasteiger partial charge in [0.2, 0.25) is 0 Å². The minimum absolute atomic E-state index is 0.412. The number of rotatable bonds is 4. The van der Waals surface area contributed by atoms with Gasteiger partial charge in [-0.3, -0.25) is 0 Å². The molecule has 0 aromatic heterocycles. The van der Waals surface area contributed by atoms with Crippen molar-refractivity contribution in [3.8, 4) is 0 Å². The van der Waals surface area contributed by atoms with E-state index in [0.29, 0.717) is 17.6 Å². The van der Waals surface area contributed by atoms with E-state index in [0.717, 1.165) is 6.61 Å². The monoisotopic (exact) mass is 273 g/mol. The lowest BCUT2D eigenvalue weighted by atomic mass is 9.60. The van der Waals surface area contributed by atoms with Crippen LogP contribution in [0.4, 0.5) is 5.69 Å². The molecule has 0 amide bonds. The van der Waals surface area contributed by atoms with Crippen LogP contribution in [-0.2, 0) is 4.74 Å². The molecule has 0 heterocycles. The molecule has 2 aliphatic rings. The van der Waals surface area contributed by atoms with Gasteiger partial charge in [-0.25, -0.2) is 0 Å². The Balaban J connectivity index is 1.72. The molecule has 2 saturated carbocycles. The van der Waals surface area contributed by atoms with Crippen LogP contribution >= 0.6 is 0 Å². The van der Waals surface area contributed by atoms with Gasteiger partial charge in [-0.15, -0.1) is 0 Å². The molecule has 0 saturated heterocycles. The summed E-state index contributed by atoms with van der Waals surface area (Å²) in [4.78, 5) is 0. The van der Waals surface area contributed by atoms with E-state index in [9.17, 15) is 0 Å². The molecule has 0 aliphatic heterocycles. The van der Waals surface area contributed by atoms with Crippen LogP contribution in [0.1, 0.15) is 50.2 Å². The zero-order chi connectivity index (χ0) is 14.2. The van der Waals surface area contributed by atoms with Crippen LogP contribution in [0, 0.1) is 19.3 Å². The number of hydrogen-bond acceptors (Lipinski definition) is 2. The first-order valence-electron chi connectivity index (χ1n) is 8.11. The van der Waals surface area contributed by atoms with E-state index in [1.165, 1.54) is 48.9 Å². The highest BCUT2D eigenvalue weighted by atomic mass is 16.5. The van der Waals surface area contributed by atoms with Crippen molar-refractivity contribution in [2.45, 2.75) is 65.0 Å². The quantitative estimate of drug-likeness (QED) is 0.875. The Kier molecular flexibility index (Phi) is 3.76. The Morgan fingerprint density at radius 1 is 1.20 bits per heavy atom. The van der Waals surface area contributed by atoms with E-state index in [1.807, 2.05) is 0 Å². The minimum Gasteiger partial charge on any atom is -0.382 e. The average molecular weight is 273 g/mol. The molecule has 1 spiro atoms. The number of ether oxygens (including phenoxy) is 1. The van der Waals surface area contributed by atoms with Gasteiger partial charge in [0, 0.05) is 23.8 Å². The molecule has 2 atom stereocenters. The minimum atomic E-state index is 0.412. The molecule has 2 nitrogen and oxygen atoms in total. The highest BCUT2D eigenvalue weighted by molar-refractivity contribution is 5.50. The van der Waals surface area contributed by atoms with Gasteiger partial charge in [0.1, 0.15) is 0 Å². The summed E-state index contributed by atoms with van der Waals surface area (Å²) in [5.74, 6) is 0. The normalized spacial score (nSPS) is 27.6. The van der Waals surface area contributed by atoms with Crippen molar-refractivity contribution in [1.82, 2.24) is 0 Å². The Labute approximate surface area is 122 Å². The largest absolute Gasteiger partial charge is 0.382 e. The van der Waals surface area contributed by atoms with Crippen molar-refractivity contribution in [3.63, 3.8) is 0 Å². The topological polar surface area (TPSA) is 21.3 Å². The molecular formula is C18H27NO. The Morgan fingerprint density at radius 2 is 1.95 bits per heavy atom. The summed E-state index contributed by atoms with van der Waals surface area (Å²) in [5, 5.41) is 3.79. The van der Waals surface area contributed by atoms with E-state index in [1.54, 1.807) is 0 Å². The summed E-state index contributed by atoms with van der Waals surface area (Å²) in [7, 11) is 0. The molecule has 110 valence electrons. The molecule has 2 fully saturated rings. The lowest BCUT2D eigenvalue weighted by Crippen LogP contribution is -2.60. The van der Waals surface area contributed by atoms with Gasteiger partial charge in [0.25, 0.3) is 0 Å². The first kappa shape index (κ1) is 13.9. The standard InChI is InChI=1S/C18H27NO/c1-4-20-17-12-16(18(17)9-5-6-10-18)19-15-8-7-13(2)14(3)11-15/h7-8,11,16-17,19H,4-6,9-10,12H2,1-3H3. The van der Waals surface area contributed by atoms with E-state index in [-0.39, 0.29) is 0 Å². The molecule has 2 aliphatic carbocycles. The van der Waals surface area contributed by atoms with E-state index >= 15 is 0 Å². The van der Waals surface area contributed by atoms with Gasteiger partial charge in [-0.2, -0.15) is 0 Å². The van der Waals surface area contributed by atoms with Crippen LogP contribution in [0.3, 0.4) is 0 Å². The predicted octanol–water partition coefficient (Wildman–Crippen LogP) is 4.45. The maximum atomic E-state index is 5.99. The van der Waals surface area contributed by atoms with Crippen molar-refractivity contribution in [1.29, 1.82) is 0 Å². The Hall–Kier alpha value is -1.02. The molecule has 1 N–H and O–H groups in total. The molecular weight excluding hydrogens is 246 g/mol. The maximum Gasteiger partial charge on any atom is 0.0670 e. The van der Waals surface area contributed by atoms with Crippen LogP contribution in [0.15, 0.2) is 18.2 Å². The molecule has 0 radical (unpaired) electrons. The first-order valence-corrected chi connectivity index (χ1v) is 8.11. The molecule has 1 aromatic rings. The van der Waals surface area contributed by atoms with Crippen LogP contribution in [0.5, 0.6) is 0 Å². The fourth-order valence-corrected chi connectivity index (χ4v) is 4.12. The third-order valence-electron chi connectivity index (χ3n) is 5.54. The van der Waals surface area contributed by atoms with Crippen molar-refractivity contribution >= 4 is 5.69 Å². The van der Waals surface area contributed by atoms with Gasteiger partial charge in [0.05, 0.1) is 6.10 Å². The highest BCUT2D eigenvalue weighted by Gasteiger charge is 2.56. The van der Waals surface area contributed by atoms with Gasteiger partial charge in [-0.05, 0) is 63.3 Å². The molecule has 0 bridgehead atoms. The lowest BCUT2D eigenvalue weighted by molar-refractivity contribution is -0.114. The van der Waals surface area contributed by atoms with Crippen LogP contribution in [0.25, 0.3) is 0 Å². The fourth-order valence-electron chi connectivity index (χ4n) is 4.12. The van der Waals surface area contributed by atoms with Crippen molar-refractivity contribution in [2.75, 3.05) is 11.9 Å². The average Bonchev–Trinajstić information content (AvgIpc) is 2.94. The van der Waals surface area contributed by atoms with E-state index < -0.39 is 0 Å². The number of aryl methyl sites for hydroxylation is 2. The lowest BCUT2D eigenvalue weighted by Gasteiger charge is -2.54. The molecule has 3 rings (SSSR count). The van der Waals surface area contributed by atoms with Crippen molar-refractivity contribution < 1.29 is 4.74 Å². The summed E-state index contributed by atoms with van der Waals surface area (Å²) in [5.41, 5.74) is 4.43. The SMILES string of the molecule is CCOC1CC(Nc2ccc(C)c(C)c2)C12CCCC2. The molecule has 1 aromatic carbocycles. The molecule has 20 heavy (non-hydrogen) atoms. The van der Waals surface area contributed by atoms with E-state index in [2.05, 4.69) is 44.3 Å². The number of anilines is 1. The number of benzene rings is 1. The van der Waals surface area contributed by atoms with Crippen molar-refractivity contribution in [3.05, 3.63) is 29.3 Å².